The molecule has 0 unspecified atom stereocenters. The van der Waals surface area contributed by atoms with Crippen molar-refractivity contribution in [3.8, 4) is 11.3 Å². The van der Waals surface area contributed by atoms with Crippen molar-refractivity contribution in [1.82, 2.24) is 20.2 Å². The second-order valence-electron chi connectivity index (χ2n) is 6.88. The molecule has 0 spiro atoms. The molecule has 3 heterocycles. The first-order chi connectivity index (χ1) is 13.9. The van der Waals surface area contributed by atoms with Gasteiger partial charge in [0.2, 0.25) is 0 Å². The average Bonchev–Trinajstić information content (AvgIpc) is 2.84. The van der Waals surface area contributed by atoms with Crippen LogP contribution in [0.3, 0.4) is 0 Å². The molecule has 1 fully saturated rings. The van der Waals surface area contributed by atoms with E-state index in [2.05, 4.69) is 20.2 Å². The molecule has 0 bridgehead atoms. The number of rotatable bonds is 2. The van der Waals surface area contributed by atoms with Gasteiger partial charge >= 0.3 is 0 Å². The molecular weight excluding hydrogens is 408 g/mol. The van der Waals surface area contributed by atoms with E-state index in [1.165, 1.54) is 0 Å². The van der Waals surface area contributed by atoms with Gasteiger partial charge in [0.1, 0.15) is 11.2 Å². The van der Waals surface area contributed by atoms with Crippen molar-refractivity contribution in [2.45, 2.75) is 6.92 Å². The van der Waals surface area contributed by atoms with Crippen LogP contribution in [0.15, 0.2) is 30.1 Å². The number of aromatic nitrogens is 2. The second-order valence-corrected chi connectivity index (χ2v) is 8.99. The van der Waals surface area contributed by atoms with Crippen LogP contribution in [0.25, 0.3) is 29.2 Å². The second kappa shape index (κ2) is 7.96. The fourth-order valence-corrected chi connectivity index (χ4v) is 4.62. The monoisotopic (exact) mass is 428 g/mol. The standard InChI is InChI=1S/C20H21ClN6OS/c1-12(22)18-20(23)25-16-10-17(27-6-8-29(28)9-7-27)24-11-14(16)19(26-18)13-4-2-3-5-15(13)21/h2-5,10-11,23-24H,6-9,22H2,1H3/b18-12+,23-20?. The Morgan fingerprint density at radius 1 is 1.28 bits per heavy atom. The van der Waals surface area contributed by atoms with E-state index in [1.807, 2.05) is 30.5 Å². The van der Waals surface area contributed by atoms with Crippen molar-refractivity contribution in [3.63, 3.8) is 0 Å². The Morgan fingerprint density at radius 3 is 2.69 bits per heavy atom. The number of fused-ring (bicyclic) bond motifs is 1. The average molecular weight is 429 g/mol. The van der Waals surface area contributed by atoms with Crippen LogP contribution in [0.2, 0.25) is 5.02 Å². The van der Waals surface area contributed by atoms with E-state index in [9.17, 15) is 4.21 Å². The van der Waals surface area contributed by atoms with Crippen LogP contribution in [-0.4, -0.2) is 43.7 Å². The van der Waals surface area contributed by atoms with Gasteiger partial charge in [-0.3, -0.25) is 9.62 Å². The Hall–Kier alpha value is -2.71. The Kier molecular flexibility index (Phi) is 5.38. The number of halogens is 1. The van der Waals surface area contributed by atoms with Crippen molar-refractivity contribution >= 4 is 40.4 Å². The van der Waals surface area contributed by atoms with Gasteiger partial charge in [-0.2, -0.15) is 0 Å². The normalized spacial score (nSPS) is 17.6. The first kappa shape index (κ1) is 19.6. The summed E-state index contributed by atoms with van der Waals surface area (Å²) in [7, 11) is -0.755. The molecule has 1 saturated heterocycles. The van der Waals surface area contributed by atoms with E-state index in [0.29, 0.717) is 52.1 Å². The summed E-state index contributed by atoms with van der Waals surface area (Å²) in [5.74, 6) is 2.15. The number of benzene rings is 1. The first-order valence-corrected chi connectivity index (χ1v) is 11.1. The first-order valence-electron chi connectivity index (χ1n) is 9.20. The predicted octanol–water partition coefficient (Wildman–Crippen LogP) is 0.0672. The van der Waals surface area contributed by atoms with Crippen molar-refractivity contribution in [2.75, 3.05) is 24.6 Å². The number of nitrogens with one attached hydrogen (secondary N) is 2. The van der Waals surface area contributed by atoms with E-state index in [4.69, 9.17) is 22.7 Å². The summed E-state index contributed by atoms with van der Waals surface area (Å²) in [5.41, 5.74) is 8.38. The minimum Gasteiger partial charge on any atom is -0.400 e. The Bertz CT molecular complexity index is 1210. The van der Waals surface area contributed by atoms with Crippen molar-refractivity contribution < 1.29 is 4.21 Å². The van der Waals surface area contributed by atoms with Gasteiger partial charge in [0, 0.05) is 69.2 Å². The molecule has 2 aliphatic heterocycles. The lowest BCUT2D eigenvalue weighted by atomic mass is 10.1. The molecule has 0 atom stereocenters. The summed E-state index contributed by atoms with van der Waals surface area (Å²) in [6, 6.07) is 7.44. The highest BCUT2D eigenvalue weighted by Crippen LogP contribution is 2.23. The van der Waals surface area contributed by atoms with Crippen molar-refractivity contribution in [3.05, 3.63) is 56.9 Å². The van der Waals surface area contributed by atoms with Crippen LogP contribution in [0.4, 0.5) is 0 Å². The molecule has 9 heteroatoms. The van der Waals surface area contributed by atoms with Crippen LogP contribution in [0.1, 0.15) is 12.6 Å². The van der Waals surface area contributed by atoms with E-state index < -0.39 is 10.8 Å². The SMILES string of the molecule is C/C(N)=c1\nc(-c2ccccc2Cl)c2c(nc1=N)C=C(N1CCS(=O)CC1)NC=2. The highest BCUT2D eigenvalue weighted by Gasteiger charge is 2.20. The quantitative estimate of drug-likeness (QED) is 0.624. The Labute approximate surface area is 175 Å². The van der Waals surface area contributed by atoms with Crippen molar-refractivity contribution in [2.24, 2.45) is 5.73 Å². The van der Waals surface area contributed by atoms with Gasteiger partial charge in [0.15, 0.2) is 5.49 Å². The van der Waals surface area contributed by atoms with Gasteiger partial charge in [0.05, 0.1) is 11.4 Å². The fourth-order valence-electron chi connectivity index (χ4n) is 3.34. The maximum atomic E-state index is 11.7. The van der Waals surface area contributed by atoms with Crippen LogP contribution >= 0.6 is 11.6 Å². The molecule has 0 aliphatic carbocycles. The van der Waals surface area contributed by atoms with Crippen LogP contribution in [0.5, 0.6) is 0 Å². The topological polar surface area (TPSA) is 108 Å². The minimum absolute atomic E-state index is 0.00482. The highest BCUT2D eigenvalue weighted by atomic mass is 35.5. The number of nitrogens with two attached hydrogens (primary N) is 1. The summed E-state index contributed by atoms with van der Waals surface area (Å²) < 4.78 is 11.7. The van der Waals surface area contributed by atoms with Crippen LogP contribution in [0, 0.1) is 5.41 Å². The zero-order valence-corrected chi connectivity index (χ0v) is 17.5. The zero-order valence-electron chi connectivity index (χ0n) is 15.9. The molecule has 29 heavy (non-hydrogen) atoms. The van der Waals surface area contributed by atoms with Gasteiger partial charge in [-0.15, -0.1) is 0 Å². The lowest BCUT2D eigenvalue weighted by Crippen LogP contribution is -2.41. The molecule has 0 radical (unpaired) electrons. The van der Waals surface area contributed by atoms with E-state index in [-0.39, 0.29) is 5.49 Å². The lowest BCUT2D eigenvalue weighted by molar-refractivity contribution is 0.364. The molecule has 4 N–H and O–H groups in total. The van der Waals surface area contributed by atoms with Gasteiger partial charge in [-0.1, -0.05) is 29.8 Å². The zero-order chi connectivity index (χ0) is 20.5. The Morgan fingerprint density at radius 2 is 2.00 bits per heavy atom. The summed E-state index contributed by atoms with van der Waals surface area (Å²) >= 11 is 6.45. The lowest BCUT2D eigenvalue weighted by Gasteiger charge is -2.31. The molecule has 1 aromatic carbocycles. The van der Waals surface area contributed by atoms with Gasteiger partial charge in [-0.25, -0.2) is 9.97 Å². The minimum atomic E-state index is -0.755. The van der Waals surface area contributed by atoms with E-state index in [0.717, 1.165) is 16.6 Å². The smallest absolute Gasteiger partial charge is 0.173 e. The van der Waals surface area contributed by atoms with Crippen molar-refractivity contribution in [1.29, 1.82) is 5.41 Å². The Balaban J connectivity index is 1.96. The van der Waals surface area contributed by atoms with Crippen LogP contribution in [-0.2, 0) is 10.8 Å². The highest BCUT2D eigenvalue weighted by molar-refractivity contribution is 7.85. The fraction of sp³-hybridized carbons (Fsp3) is 0.250. The summed E-state index contributed by atoms with van der Waals surface area (Å²) in [6.45, 7) is 3.12. The van der Waals surface area contributed by atoms with Crippen LogP contribution < -0.4 is 27.1 Å². The molecule has 150 valence electrons. The molecule has 7 nitrogen and oxygen atoms in total. The molecule has 4 rings (SSSR count). The summed E-state index contributed by atoms with van der Waals surface area (Å²) in [6.07, 6.45) is 3.74. The molecular formula is C20H21ClN6OS. The summed E-state index contributed by atoms with van der Waals surface area (Å²) in [5, 5.41) is 13.3. The number of hydrogen-bond acceptors (Lipinski definition) is 7. The maximum Gasteiger partial charge on any atom is 0.173 e. The molecule has 2 aliphatic rings. The largest absolute Gasteiger partial charge is 0.400 e. The van der Waals surface area contributed by atoms with Gasteiger partial charge < -0.3 is 16.0 Å². The predicted molar refractivity (Wildman–Crippen MR) is 116 cm³/mol. The third kappa shape index (κ3) is 3.90. The molecule has 2 aromatic rings. The van der Waals surface area contributed by atoms with E-state index >= 15 is 0 Å². The van der Waals surface area contributed by atoms with Gasteiger partial charge in [0.25, 0.3) is 0 Å². The molecule has 0 amide bonds. The summed E-state index contributed by atoms with van der Waals surface area (Å²) in [4.78, 5) is 11.3. The molecule has 0 saturated carbocycles. The van der Waals surface area contributed by atoms with E-state index in [1.54, 1.807) is 13.0 Å². The third-order valence-electron chi connectivity index (χ3n) is 4.87. The number of nitrogens with zero attached hydrogens (tertiary/aromatic N) is 3. The van der Waals surface area contributed by atoms with Gasteiger partial charge in [-0.05, 0) is 13.0 Å². The third-order valence-corrected chi connectivity index (χ3v) is 6.48. The number of hydrogen-bond donors (Lipinski definition) is 3. The maximum absolute atomic E-state index is 11.7. The molecule has 1 aromatic heterocycles.